The molecule has 17 heavy (non-hydrogen) atoms. The van der Waals surface area contributed by atoms with Crippen LogP contribution in [0.15, 0.2) is 22.7 Å². The topological polar surface area (TPSA) is 52.9 Å². The van der Waals surface area contributed by atoms with Gasteiger partial charge in [0.1, 0.15) is 6.04 Å². The molecule has 0 aliphatic rings. The predicted molar refractivity (Wildman–Crippen MR) is 70.9 cm³/mol. The quantitative estimate of drug-likeness (QED) is 0.924. The molecule has 5 heteroatoms. The molecule has 1 aromatic carbocycles. The molecule has 1 aromatic rings. The summed E-state index contributed by atoms with van der Waals surface area (Å²) in [5.74, 6) is -0.284. The van der Waals surface area contributed by atoms with E-state index in [9.17, 15) is 4.79 Å². The number of nitrogens with zero attached hydrogens (tertiary/aromatic N) is 1. The van der Waals surface area contributed by atoms with Gasteiger partial charge in [0, 0.05) is 15.1 Å². The summed E-state index contributed by atoms with van der Waals surface area (Å²) in [6.45, 7) is 1.96. The van der Waals surface area contributed by atoms with Gasteiger partial charge < -0.3 is 5.32 Å². The van der Waals surface area contributed by atoms with Crippen LogP contribution in [0.25, 0.3) is 0 Å². The van der Waals surface area contributed by atoms with Crippen LogP contribution >= 0.6 is 27.5 Å². The third-order valence-corrected chi connectivity index (χ3v) is 2.84. The van der Waals surface area contributed by atoms with Gasteiger partial charge in [-0.1, -0.05) is 40.9 Å². The summed E-state index contributed by atoms with van der Waals surface area (Å²) in [6, 6.07) is 6.54. The number of carbonyl (C=O) groups excluding carboxylic acids is 1. The van der Waals surface area contributed by atoms with Crippen molar-refractivity contribution in [3.63, 3.8) is 0 Å². The zero-order valence-electron chi connectivity index (χ0n) is 9.34. The average Bonchev–Trinajstić information content (AvgIpc) is 2.27. The zero-order valence-corrected chi connectivity index (χ0v) is 11.7. The summed E-state index contributed by atoms with van der Waals surface area (Å²) in [6.07, 6.45) is 1.49. The van der Waals surface area contributed by atoms with E-state index in [4.69, 9.17) is 16.9 Å². The second-order valence-corrected chi connectivity index (χ2v) is 4.95. The first kappa shape index (κ1) is 14.0. The Hall–Kier alpha value is -1.05. The number of rotatable bonds is 4. The van der Waals surface area contributed by atoms with Crippen molar-refractivity contribution in [3.8, 4) is 6.07 Å². The molecule has 1 N–H and O–H groups in total. The van der Waals surface area contributed by atoms with Crippen molar-refractivity contribution in [2.24, 2.45) is 0 Å². The smallest absolute Gasteiger partial charge is 0.252 e. The molecular formula is C12H12BrClN2O. The van der Waals surface area contributed by atoms with Gasteiger partial charge in [0.2, 0.25) is 0 Å². The maximum Gasteiger partial charge on any atom is 0.252 e. The van der Waals surface area contributed by atoms with Crippen molar-refractivity contribution in [1.82, 2.24) is 5.32 Å². The SMILES string of the molecule is CCCC(C#N)NC(=O)c1cc(Cl)cc(Br)c1. The van der Waals surface area contributed by atoms with Crippen LogP contribution in [-0.2, 0) is 0 Å². The Morgan fingerprint density at radius 3 is 2.82 bits per heavy atom. The second-order valence-electron chi connectivity index (χ2n) is 3.60. The summed E-state index contributed by atoms with van der Waals surface area (Å²) >= 11 is 9.12. The van der Waals surface area contributed by atoms with Crippen LogP contribution in [0.2, 0.25) is 5.02 Å². The Morgan fingerprint density at radius 1 is 1.59 bits per heavy atom. The minimum Gasteiger partial charge on any atom is -0.336 e. The number of hydrogen-bond donors (Lipinski definition) is 1. The van der Waals surface area contributed by atoms with Crippen molar-refractivity contribution in [1.29, 1.82) is 5.26 Å². The molecule has 0 aliphatic carbocycles. The van der Waals surface area contributed by atoms with Gasteiger partial charge in [-0.15, -0.1) is 0 Å². The number of benzene rings is 1. The second kappa shape index (κ2) is 6.63. The Labute approximate surface area is 114 Å². The highest BCUT2D eigenvalue weighted by molar-refractivity contribution is 9.10. The van der Waals surface area contributed by atoms with Crippen LogP contribution in [0, 0.1) is 11.3 Å². The maximum atomic E-state index is 11.9. The molecule has 0 heterocycles. The normalized spacial score (nSPS) is 11.6. The van der Waals surface area contributed by atoms with E-state index in [0.29, 0.717) is 17.0 Å². The van der Waals surface area contributed by atoms with Gasteiger partial charge in [0.25, 0.3) is 5.91 Å². The molecule has 0 radical (unpaired) electrons. The van der Waals surface area contributed by atoms with Crippen molar-refractivity contribution in [2.45, 2.75) is 25.8 Å². The molecule has 0 saturated carbocycles. The molecule has 0 fully saturated rings. The summed E-state index contributed by atoms with van der Waals surface area (Å²) in [5.41, 5.74) is 0.445. The third kappa shape index (κ3) is 4.37. The van der Waals surface area contributed by atoms with E-state index < -0.39 is 6.04 Å². The van der Waals surface area contributed by atoms with Gasteiger partial charge in [-0.3, -0.25) is 4.79 Å². The lowest BCUT2D eigenvalue weighted by Crippen LogP contribution is -2.33. The highest BCUT2D eigenvalue weighted by atomic mass is 79.9. The van der Waals surface area contributed by atoms with E-state index in [0.717, 1.165) is 10.9 Å². The molecular weight excluding hydrogens is 304 g/mol. The first-order valence-electron chi connectivity index (χ1n) is 5.23. The molecule has 0 aliphatic heterocycles. The van der Waals surface area contributed by atoms with Crippen LogP contribution < -0.4 is 5.32 Å². The van der Waals surface area contributed by atoms with Crippen LogP contribution in [0.1, 0.15) is 30.1 Å². The molecule has 0 spiro atoms. The van der Waals surface area contributed by atoms with Gasteiger partial charge in [0.15, 0.2) is 0 Å². The Balaban J connectivity index is 2.79. The summed E-state index contributed by atoms with van der Waals surface area (Å²) in [5, 5.41) is 12.0. The molecule has 3 nitrogen and oxygen atoms in total. The molecule has 0 bridgehead atoms. The lowest BCUT2D eigenvalue weighted by Gasteiger charge is -2.10. The first-order valence-corrected chi connectivity index (χ1v) is 6.40. The Kier molecular flexibility index (Phi) is 5.46. The van der Waals surface area contributed by atoms with Crippen molar-refractivity contribution < 1.29 is 4.79 Å². The van der Waals surface area contributed by atoms with Crippen LogP contribution in [0.4, 0.5) is 0 Å². The van der Waals surface area contributed by atoms with E-state index in [2.05, 4.69) is 27.3 Å². The summed E-state index contributed by atoms with van der Waals surface area (Å²) < 4.78 is 0.735. The molecule has 0 saturated heterocycles. The van der Waals surface area contributed by atoms with Crippen molar-refractivity contribution >= 4 is 33.4 Å². The van der Waals surface area contributed by atoms with Gasteiger partial charge >= 0.3 is 0 Å². The number of nitrogens with one attached hydrogen (secondary N) is 1. The van der Waals surface area contributed by atoms with E-state index in [1.165, 1.54) is 0 Å². The lowest BCUT2D eigenvalue weighted by molar-refractivity contribution is 0.0944. The zero-order chi connectivity index (χ0) is 12.8. The fraction of sp³-hybridized carbons (Fsp3) is 0.333. The molecule has 1 rings (SSSR count). The van der Waals surface area contributed by atoms with Crippen LogP contribution in [0.3, 0.4) is 0 Å². The van der Waals surface area contributed by atoms with Crippen molar-refractivity contribution in [2.75, 3.05) is 0 Å². The van der Waals surface area contributed by atoms with Gasteiger partial charge in [-0.25, -0.2) is 0 Å². The molecule has 1 atom stereocenters. The van der Waals surface area contributed by atoms with Crippen molar-refractivity contribution in [3.05, 3.63) is 33.3 Å². The molecule has 0 aromatic heterocycles. The maximum absolute atomic E-state index is 11.9. The average molecular weight is 316 g/mol. The van der Waals surface area contributed by atoms with E-state index in [1.807, 2.05) is 6.92 Å². The standard InChI is InChI=1S/C12H12BrClN2O/c1-2-3-11(7-15)16-12(17)8-4-9(13)6-10(14)5-8/h4-6,11H,2-3H2,1H3,(H,16,17). The fourth-order valence-electron chi connectivity index (χ4n) is 1.38. The minimum atomic E-state index is -0.453. The van der Waals surface area contributed by atoms with Crippen LogP contribution in [-0.4, -0.2) is 11.9 Å². The monoisotopic (exact) mass is 314 g/mol. The number of carbonyl (C=O) groups is 1. The largest absolute Gasteiger partial charge is 0.336 e. The highest BCUT2D eigenvalue weighted by Crippen LogP contribution is 2.19. The highest BCUT2D eigenvalue weighted by Gasteiger charge is 2.13. The van der Waals surface area contributed by atoms with Gasteiger partial charge in [0.05, 0.1) is 6.07 Å². The summed E-state index contributed by atoms with van der Waals surface area (Å²) in [4.78, 5) is 11.9. The van der Waals surface area contributed by atoms with Crippen LogP contribution in [0.5, 0.6) is 0 Å². The summed E-state index contributed by atoms with van der Waals surface area (Å²) in [7, 11) is 0. The molecule has 1 amide bonds. The third-order valence-electron chi connectivity index (χ3n) is 2.16. The van der Waals surface area contributed by atoms with E-state index >= 15 is 0 Å². The van der Waals surface area contributed by atoms with E-state index in [1.54, 1.807) is 18.2 Å². The fourth-order valence-corrected chi connectivity index (χ4v) is 2.24. The Morgan fingerprint density at radius 2 is 2.29 bits per heavy atom. The minimum absolute atomic E-state index is 0.284. The molecule has 1 unspecified atom stereocenters. The lowest BCUT2D eigenvalue weighted by atomic mass is 10.1. The Bertz CT molecular complexity index is 436. The number of nitriles is 1. The van der Waals surface area contributed by atoms with Gasteiger partial charge in [-0.05, 0) is 24.6 Å². The number of halogens is 2. The predicted octanol–water partition coefficient (Wildman–Crippen LogP) is 3.52. The van der Waals surface area contributed by atoms with E-state index in [-0.39, 0.29) is 5.91 Å². The molecule has 90 valence electrons. The van der Waals surface area contributed by atoms with Gasteiger partial charge in [-0.2, -0.15) is 5.26 Å². The number of amides is 1. The first-order chi connectivity index (χ1) is 8.06. The number of hydrogen-bond acceptors (Lipinski definition) is 2.